The second kappa shape index (κ2) is 13.5. The molecule has 0 N–H and O–H groups in total. The number of benzene rings is 11. The van der Waals surface area contributed by atoms with E-state index in [9.17, 15) is 0 Å². The maximum Gasteiger partial charge on any atom is 0.0619 e. The van der Waals surface area contributed by atoms with Gasteiger partial charge in [-0.1, -0.05) is 188 Å². The van der Waals surface area contributed by atoms with Crippen LogP contribution in [-0.4, -0.2) is 9.13 Å². The van der Waals surface area contributed by atoms with E-state index in [4.69, 9.17) is 0 Å². The molecule has 2 nitrogen and oxygen atoms in total. The van der Waals surface area contributed by atoms with E-state index in [1.165, 1.54) is 126 Å². The van der Waals surface area contributed by atoms with Crippen LogP contribution in [0.3, 0.4) is 0 Å². The summed E-state index contributed by atoms with van der Waals surface area (Å²) < 4.78 is 4.98. The van der Waals surface area contributed by atoms with Crippen molar-refractivity contribution in [2.24, 2.45) is 0 Å². The molecular weight excluding hydrogens is 773 g/mol. The molecule has 0 spiro atoms. The summed E-state index contributed by atoms with van der Waals surface area (Å²) in [7, 11) is 0. The van der Waals surface area contributed by atoms with Gasteiger partial charge in [-0.15, -0.1) is 0 Å². The molecule has 0 atom stereocenters. The van der Waals surface area contributed by atoms with E-state index >= 15 is 0 Å². The molecular formula is C62H38N2. The molecule has 0 saturated heterocycles. The molecule has 64 heavy (non-hydrogen) atoms. The van der Waals surface area contributed by atoms with Crippen molar-refractivity contribution < 1.29 is 0 Å². The van der Waals surface area contributed by atoms with Gasteiger partial charge >= 0.3 is 0 Å². The SMILES string of the molecule is c1ccc(-n2c3ccccc3c3cc4c(cc32)c2ccccc2n4-c2c3ccccc3c(-c3ccc4c(c3)-c3ccccc3-c3ccccc3-c3ccccc3-4)c3ccccc23)cc1. The standard InChI is InChI=1S/C62H38N2/c1-2-18-40(19-3-1)63-57-32-16-14-26-48(57)55-38-60-56(37-59(55)63)49-27-15-17-33-58(49)64(60)62-52-30-12-10-28-50(52)61(51-29-11-13-31-53(51)62)39-34-35-47-45-24-7-6-22-43(45)41-20-4-5-21-42(41)44-23-8-9-25-46(44)54(47)36-39/h1-38H. The van der Waals surface area contributed by atoms with Crippen LogP contribution < -0.4 is 0 Å². The van der Waals surface area contributed by atoms with Crippen LogP contribution in [0.1, 0.15) is 0 Å². The Bertz CT molecular complexity index is 4010. The lowest BCUT2D eigenvalue weighted by molar-refractivity contribution is 1.18. The highest BCUT2D eigenvalue weighted by molar-refractivity contribution is 6.23. The molecule has 0 amide bonds. The van der Waals surface area contributed by atoms with E-state index in [0.717, 1.165) is 5.69 Å². The second-order valence-electron chi connectivity index (χ2n) is 17.1. The molecule has 0 fully saturated rings. The lowest BCUT2D eigenvalue weighted by Crippen LogP contribution is -2.00. The normalized spacial score (nSPS) is 12.1. The summed E-state index contributed by atoms with van der Waals surface area (Å²) in [6.07, 6.45) is 0. The maximum atomic E-state index is 2.55. The molecule has 2 heterocycles. The molecule has 13 aromatic rings. The third-order valence-corrected chi connectivity index (χ3v) is 13.9. The highest BCUT2D eigenvalue weighted by Gasteiger charge is 2.25. The Balaban J connectivity index is 1.07. The van der Waals surface area contributed by atoms with E-state index < -0.39 is 0 Å². The summed E-state index contributed by atoms with van der Waals surface area (Å²) in [6, 6.07) is 85.5. The van der Waals surface area contributed by atoms with Gasteiger partial charge in [-0.25, -0.2) is 0 Å². The Labute approximate surface area is 370 Å². The fourth-order valence-electron chi connectivity index (χ4n) is 11.2. The van der Waals surface area contributed by atoms with E-state index in [1.807, 2.05) is 0 Å². The monoisotopic (exact) mass is 810 g/mol. The predicted octanol–water partition coefficient (Wildman–Crippen LogP) is 16.8. The number of rotatable bonds is 3. The van der Waals surface area contributed by atoms with E-state index in [1.54, 1.807) is 0 Å². The number of hydrogen-bond donors (Lipinski definition) is 0. The van der Waals surface area contributed by atoms with Gasteiger partial charge in [-0.05, 0) is 109 Å². The average Bonchev–Trinajstić information content (AvgIpc) is 3.86. The number of para-hydroxylation sites is 3. The zero-order valence-corrected chi connectivity index (χ0v) is 34.8. The quantitative estimate of drug-likeness (QED) is 0.157. The van der Waals surface area contributed by atoms with Crippen molar-refractivity contribution in [3.8, 4) is 67.0 Å². The molecule has 0 unspecified atom stereocenters. The van der Waals surface area contributed by atoms with Crippen LogP contribution >= 0.6 is 0 Å². The van der Waals surface area contributed by atoms with Gasteiger partial charge in [0.1, 0.15) is 0 Å². The predicted molar refractivity (Wildman–Crippen MR) is 271 cm³/mol. The van der Waals surface area contributed by atoms with Gasteiger partial charge in [0, 0.05) is 38.0 Å². The van der Waals surface area contributed by atoms with Gasteiger partial charge in [0.2, 0.25) is 0 Å². The zero-order valence-electron chi connectivity index (χ0n) is 34.8. The highest BCUT2D eigenvalue weighted by Crippen LogP contribution is 2.51. The van der Waals surface area contributed by atoms with Gasteiger partial charge in [0.25, 0.3) is 0 Å². The minimum atomic E-state index is 1.16. The van der Waals surface area contributed by atoms with Crippen LogP contribution in [0.25, 0.3) is 132 Å². The minimum absolute atomic E-state index is 1.16. The van der Waals surface area contributed by atoms with Crippen LogP contribution in [0.4, 0.5) is 0 Å². The molecule has 0 aliphatic heterocycles. The Morgan fingerprint density at radius 3 is 1.11 bits per heavy atom. The molecule has 0 bridgehead atoms. The highest BCUT2D eigenvalue weighted by atomic mass is 15.0. The lowest BCUT2D eigenvalue weighted by Gasteiger charge is -2.24. The lowest BCUT2D eigenvalue weighted by atomic mass is 9.79. The van der Waals surface area contributed by atoms with Crippen molar-refractivity contribution in [3.05, 3.63) is 231 Å². The molecule has 1 aliphatic carbocycles. The summed E-state index contributed by atoms with van der Waals surface area (Å²) in [5.74, 6) is 0. The maximum absolute atomic E-state index is 2.55. The van der Waals surface area contributed by atoms with Crippen LogP contribution in [-0.2, 0) is 0 Å². The molecule has 296 valence electrons. The molecule has 0 saturated carbocycles. The summed E-state index contributed by atoms with van der Waals surface area (Å²) in [5, 5.41) is 9.87. The zero-order chi connectivity index (χ0) is 41.9. The van der Waals surface area contributed by atoms with Crippen LogP contribution in [0, 0.1) is 0 Å². The Kier molecular flexibility index (Phi) is 7.43. The topological polar surface area (TPSA) is 9.86 Å². The number of hydrogen-bond acceptors (Lipinski definition) is 0. The average molecular weight is 811 g/mol. The van der Waals surface area contributed by atoms with Crippen LogP contribution in [0.5, 0.6) is 0 Å². The molecule has 14 rings (SSSR count). The third kappa shape index (κ3) is 4.91. The first-order valence-electron chi connectivity index (χ1n) is 22.2. The summed E-state index contributed by atoms with van der Waals surface area (Å²) in [5.41, 5.74) is 19.7. The van der Waals surface area contributed by atoms with Gasteiger partial charge in [-0.3, -0.25) is 0 Å². The van der Waals surface area contributed by atoms with Gasteiger partial charge in [0.05, 0.1) is 27.8 Å². The number of aromatic nitrogens is 2. The third-order valence-electron chi connectivity index (χ3n) is 13.9. The summed E-state index contributed by atoms with van der Waals surface area (Å²) in [6.45, 7) is 0. The largest absolute Gasteiger partial charge is 0.309 e. The van der Waals surface area contributed by atoms with Crippen LogP contribution in [0.15, 0.2) is 231 Å². The summed E-state index contributed by atoms with van der Waals surface area (Å²) in [4.78, 5) is 0. The van der Waals surface area contributed by atoms with Gasteiger partial charge in [0.15, 0.2) is 0 Å². The Morgan fingerprint density at radius 2 is 0.594 bits per heavy atom. The van der Waals surface area contributed by atoms with Crippen molar-refractivity contribution in [1.82, 2.24) is 9.13 Å². The van der Waals surface area contributed by atoms with E-state index in [-0.39, 0.29) is 0 Å². The number of nitrogens with zero attached hydrogens (tertiary/aromatic N) is 2. The van der Waals surface area contributed by atoms with E-state index in [2.05, 4.69) is 240 Å². The van der Waals surface area contributed by atoms with Gasteiger partial charge in [-0.2, -0.15) is 0 Å². The Morgan fingerprint density at radius 1 is 0.219 bits per heavy atom. The Hall–Kier alpha value is -8.46. The molecule has 1 aliphatic rings. The first kappa shape index (κ1) is 35.2. The first-order valence-corrected chi connectivity index (χ1v) is 22.2. The fourth-order valence-corrected chi connectivity index (χ4v) is 11.2. The van der Waals surface area contributed by atoms with E-state index in [0.29, 0.717) is 0 Å². The van der Waals surface area contributed by atoms with Crippen LogP contribution in [0.2, 0.25) is 0 Å². The van der Waals surface area contributed by atoms with Crippen molar-refractivity contribution in [3.63, 3.8) is 0 Å². The molecule has 2 heteroatoms. The first-order chi connectivity index (χ1) is 31.8. The summed E-state index contributed by atoms with van der Waals surface area (Å²) >= 11 is 0. The van der Waals surface area contributed by atoms with Crippen molar-refractivity contribution in [2.75, 3.05) is 0 Å². The minimum Gasteiger partial charge on any atom is -0.309 e. The van der Waals surface area contributed by atoms with Crippen molar-refractivity contribution in [1.29, 1.82) is 0 Å². The molecule has 11 aromatic carbocycles. The fraction of sp³-hybridized carbons (Fsp3) is 0. The van der Waals surface area contributed by atoms with Gasteiger partial charge < -0.3 is 9.13 Å². The second-order valence-corrected chi connectivity index (χ2v) is 17.1. The number of fused-ring (bicyclic) bond motifs is 16. The van der Waals surface area contributed by atoms with Crippen molar-refractivity contribution in [2.45, 2.75) is 0 Å². The molecule has 0 radical (unpaired) electrons. The smallest absolute Gasteiger partial charge is 0.0619 e. The van der Waals surface area contributed by atoms with Crippen molar-refractivity contribution >= 4 is 65.2 Å². The molecule has 2 aromatic heterocycles.